The molecule has 134 valence electrons. The van der Waals surface area contributed by atoms with Crippen LogP contribution in [0.4, 0.5) is 0 Å². The van der Waals surface area contributed by atoms with Crippen LogP contribution in [-0.4, -0.2) is 28.1 Å². The lowest BCUT2D eigenvalue weighted by Gasteiger charge is -2.18. The summed E-state index contributed by atoms with van der Waals surface area (Å²) in [7, 11) is 0. The molecule has 1 amide bonds. The van der Waals surface area contributed by atoms with Gasteiger partial charge in [0.15, 0.2) is 0 Å². The van der Waals surface area contributed by atoms with Gasteiger partial charge in [-0.15, -0.1) is 0 Å². The predicted molar refractivity (Wildman–Crippen MR) is 101 cm³/mol. The summed E-state index contributed by atoms with van der Waals surface area (Å²) in [6.07, 6.45) is 2.53. The van der Waals surface area contributed by atoms with Crippen LogP contribution in [0.2, 0.25) is 0 Å². The molecule has 0 atom stereocenters. The summed E-state index contributed by atoms with van der Waals surface area (Å²) >= 11 is 0. The van der Waals surface area contributed by atoms with Gasteiger partial charge in [-0.05, 0) is 36.1 Å². The maximum atomic E-state index is 12.5. The molecule has 2 N–H and O–H groups in total. The summed E-state index contributed by atoms with van der Waals surface area (Å²) < 4.78 is 3.78. The number of benzene rings is 1. The van der Waals surface area contributed by atoms with Crippen molar-refractivity contribution in [2.24, 2.45) is 0 Å². The molecule has 3 heterocycles. The van der Waals surface area contributed by atoms with Gasteiger partial charge in [0.05, 0.1) is 0 Å². The second-order valence-corrected chi connectivity index (χ2v) is 6.55. The van der Waals surface area contributed by atoms with Crippen LogP contribution in [0.3, 0.4) is 0 Å². The number of pyridine rings is 1. The number of hydrogen-bond acceptors (Lipinski definition) is 3. The van der Waals surface area contributed by atoms with E-state index in [2.05, 4.69) is 15.2 Å². The van der Waals surface area contributed by atoms with Gasteiger partial charge in [-0.1, -0.05) is 18.2 Å². The first kappa shape index (κ1) is 16.6. The molecule has 0 saturated carbocycles. The van der Waals surface area contributed by atoms with Crippen LogP contribution < -0.4 is 16.2 Å². The summed E-state index contributed by atoms with van der Waals surface area (Å²) in [6, 6.07) is 13.4. The maximum absolute atomic E-state index is 12.5. The number of hydrogen-bond donors (Lipinski definition) is 2. The third kappa shape index (κ3) is 3.15. The van der Waals surface area contributed by atoms with Crippen molar-refractivity contribution in [1.29, 1.82) is 0 Å². The average molecular weight is 350 g/mol. The minimum absolute atomic E-state index is 0.0163. The fraction of sp³-hybridized carbons (Fsp3) is 0.300. The number of carbonyl (C=O) groups excluding carboxylic acids is 1. The maximum Gasteiger partial charge on any atom is 0.267 e. The molecule has 0 unspecified atom stereocenters. The minimum atomic E-state index is -0.0518. The van der Waals surface area contributed by atoms with Crippen molar-refractivity contribution >= 4 is 16.7 Å². The normalized spacial score (nSPS) is 13.5. The minimum Gasteiger partial charge on any atom is -0.351 e. The van der Waals surface area contributed by atoms with E-state index < -0.39 is 0 Å². The lowest BCUT2D eigenvalue weighted by molar-refractivity contribution is 0.0942. The van der Waals surface area contributed by atoms with Gasteiger partial charge in [-0.25, -0.2) is 0 Å². The highest BCUT2D eigenvalue weighted by Crippen LogP contribution is 2.12. The monoisotopic (exact) mass is 350 g/mol. The number of fused-ring (bicyclic) bond motifs is 2. The molecule has 1 aromatic carbocycles. The lowest BCUT2D eigenvalue weighted by Crippen LogP contribution is -2.33. The highest BCUT2D eigenvalue weighted by atomic mass is 16.2. The Bertz CT molecular complexity index is 1000. The Labute approximate surface area is 151 Å². The molecule has 1 aliphatic rings. The lowest BCUT2D eigenvalue weighted by atomic mass is 10.2. The largest absolute Gasteiger partial charge is 0.351 e. The van der Waals surface area contributed by atoms with Crippen molar-refractivity contribution in [3.8, 4) is 0 Å². The molecule has 26 heavy (non-hydrogen) atoms. The van der Waals surface area contributed by atoms with Crippen LogP contribution >= 0.6 is 0 Å². The van der Waals surface area contributed by atoms with E-state index >= 15 is 0 Å². The van der Waals surface area contributed by atoms with Crippen LogP contribution in [0.25, 0.3) is 10.8 Å². The Balaban J connectivity index is 1.36. The van der Waals surface area contributed by atoms with Gasteiger partial charge in [-0.3, -0.25) is 9.59 Å². The van der Waals surface area contributed by atoms with Crippen molar-refractivity contribution in [3.05, 3.63) is 70.4 Å². The Kier molecular flexibility index (Phi) is 4.58. The average Bonchev–Trinajstić information content (AvgIpc) is 3.11. The highest BCUT2D eigenvalue weighted by molar-refractivity contribution is 5.92. The fourth-order valence-corrected chi connectivity index (χ4v) is 3.48. The number of nitrogens with one attached hydrogen (secondary N) is 2. The molecule has 4 rings (SSSR count). The number of aryl methyl sites for hydroxylation is 1. The second-order valence-electron chi connectivity index (χ2n) is 6.55. The van der Waals surface area contributed by atoms with E-state index in [0.29, 0.717) is 25.2 Å². The Hall–Kier alpha value is -2.86. The van der Waals surface area contributed by atoms with Crippen molar-refractivity contribution in [2.75, 3.05) is 13.1 Å². The van der Waals surface area contributed by atoms with Crippen molar-refractivity contribution in [2.45, 2.75) is 26.1 Å². The van der Waals surface area contributed by atoms with E-state index in [1.54, 1.807) is 4.57 Å². The quantitative estimate of drug-likeness (QED) is 0.689. The molecule has 0 radical (unpaired) electrons. The van der Waals surface area contributed by atoms with E-state index in [0.717, 1.165) is 36.1 Å². The Morgan fingerprint density at radius 3 is 2.96 bits per heavy atom. The molecular formula is C20H22N4O2. The van der Waals surface area contributed by atoms with E-state index in [4.69, 9.17) is 0 Å². The fourth-order valence-electron chi connectivity index (χ4n) is 3.48. The summed E-state index contributed by atoms with van der Waals surface area (Å²) in [4.78, 5) is 24.9. The standard InChI is InChI=1S/C20H22N4O2/c25-19(18-7-6-16-14-21-10-13-24(16)18)22-9-3-11-23-12-8-15-4-1-2-5-17(15)20(23)26/h1-2,4-8,12,21H,3,9-11,13-14H2,(H,22,25). The van der Waals surface area contributed by atoms with E-state index in [1.807, 2.05) is 48.7 Å². The molecule has 0 fully saturated rings. The smallest absolute Gasteiger partial charge is 0.267 e. The Morgan fingerprint density at radius 1 is 1.15 bits per heavy atom. The third-order valence-corrected chi connectivity index (χ3v) is 4.87. The first-order valence-corrected chi connectivity index (χ1v) is 8.99. The topological polar surface area (TPSA) is 68.1 Å². The zero-order chi connectivity index (χ0) is 17.9. The molecule has 0 aliphatic carbocycles. The molecule has 0 saturated heterocycles. The van der Waals surface area contributed by atoms with Crippen molar-refractivity contribution < 1.29 is 4.79 Å². The van der Waals surface area contributed by atoms with E-state index in [-0.39, 0.29) is 11.5 Å². The van der Waals surface area contributed by atoms with Crippen LogP contribution in [0.5, 0.6) is 0 Å². The van der Waals surface area contributed by atoms with Gasteiger partial charge in [-0.2, -0.15) is 0 Å². The van der Waals surface area contributed by atoms with Crippen molar-refractivity contribution in [3.63, 3.8) is 0 Å². The van der Waals surface area contributed by atoms with Gasteiger partial charge in [0.1, 0.15) is 5.69 Å². The summed E-state index contributed by atoms with van der Waals surface area (Å²) in [6.45, 7) is 3.62. The van der Waals surface area contributed by atoms with Gasteiger partial charge in [0, 0.05) is 50.0 Å². The number of carbonyl (C=O) groups is 1. The van der Waals surface area contributed by atoms with Crippen LogP contribution in [-0.2, 0) is 19.6 Å². The predicted octanol–water partition coefficient (Wildman–Crippen LogP) is 1.73. The first-order chi connectivity index (χ1) is 12.7. The van der Waals surface area contributed by atoms with E-state index in [1.165, 1.54) is 0 Å². The molecule has 0 bridgehead atoms. The number of amides is 1. The zero-order valence-corrected chi connectivity index (χ0v) is 14.6. The van der Waals surface area contributed by atoms with Crippen molar-refractivity contribution in [1.82, 2.24) is 19.8 Å². The van der Waals surface area contributed by atoms with Gasteiger partial charge in [0.2, 0.25) is 0 Å². The number of rotatable bonds is 5. The van der Waals surface area contributed by atoms with Crippen LogP contribution in [0, 0.1) is 0 Å². The highest BCUT2D eigenvalue weighted by Gasteiger charge is 2.16. The molecular weight excluding hydrogens is 328 g/mol. The Morgan fingerprint density at radius 2 is 2.04 bits per heavy atom. The molecule has 3 aromatic rings. The molecule has 6 nitrogen and oxygen atoms in total. The molecule has 0 spiro atoms. The third-order valence-electron chi connectivity index (χ3n) is 4.87. The van der Waals surface area contributed by atoms with E-state index in [9.17, 15) is 9.59 Å². The van der Waals surface area contributed by atoms with Gasteiger partial charge < -0.3 is 19.8 Å². The molecule has 1 aliphatic heterocycles. The number of aromatic nitrogens is 2. The summed E-state index contributed by atoms with van der Waals surface area (Å²) in [5.41, 5.74) is 1.87. The second kappa shape index (κ2) is 7.17. The first-order valence-electron chi connectivity index (χ1n) is 8.99. The summed E-state index contributed by atoms with van der Waals surface area (Å²) in [5.74, 6) is -0.0518. The van der Waals surface area contributed by atoms with Crippen LogP contribution in [0.15, 0.2) is 53.5 Å². The van der Waals surface area contributed by atoms with Gasteiger partial charge >= 0.3 is 0 Å². The molecule has 2 aromatic heterocycles. The summed E-state index contributed by atoms with van der Waals surface area (Å²) in [5, 5.41) is 7.95. The zero-order valence-electron chi connectivity index (χ0n) is 14.6. The molecule has 6 heteroatoms. The van der Waals surface area contributed by atoms with Crippen LogP contribution in [0.1, 0.15) is 22.6 Å². The number of nitrogens with zero attached hydrogens (tertiary/aromatic N) is 2. The SMILES string of the molecule is O=C(NCCCn1ccc2ccccc2c1=O)c1ccc2n1CCNC2. The van der Waals surface area contributed by atoms with Gasteiger partial charge in [0.25, 0.3) is 11.5 Å².